The number of para-hydroxylation sites is 1. The van der Waals surface area contributed by atoms with Gasteiger partial charge in [0.1, 0.15) is 11.5 Å². The van der Waals surface area contributed by atoms with E-state index in [1.54, 1.807) is 55.8 Å². The molecule has 0 saturated heterocycles. The fraction of sp³-hybridized carbons (Fsp3) is 0.0455. The van der Waals surface area contributed by atoms with Crippen LogP contribution in [0.3, 0.4) is 0 Å². The molecular weight excluding hydrogens is 340 g/mol. The number of carbonyl (C=O) groups is 1. The summed E-state index contributed by atoms with van der Waals surface area (Å²) in [6.07, 6.45) is 4.75. The highest BCUT2D eigenvalue weighted by atomic mass is 16.5. The number of carbonyl (C=O) groups excluding carboxylic acids is 1. The highest BCUT2D eigenvalue weighted by Gasteiger charge is 2.10. The highest BCUT2D eigenvalue weighted by molar-refractivity contribution is 5.92. The largest absolute Gasteiger partial charge is 0.496 e. The predicted molar refractivity (Wildman–Crippen MR) is 102 cm³/mol. The molecule has 3 aromatic rings. The van der Waals surface area contributed by atoms with Gasteiger partial charge in [-0.2, -0.15) is 5.26 Å². The van der Waals surface area contributed by atoms with Crippen molar-refractivity contribution in [1.29, 1.82) is 5.26 Å². The fourth-order valence-corrected chi connectivity index (χ4v) is 2.52. The van der Waals surface area contributed by atoms with Crippen LogP contribution in [-0.4, -0.2) is 18.1 Å². The van der Waals surface area contributed by atoms with E-state index in [0.29, 0.717) is 28.2 Å². The lowest BCUT2D eigenvalue weighted by Crippen LogP contribution is -2.08. The number of esters is 1. The summed E-state index contributed by atoms with van der Waals surface area (Å²) in [6.45, 7) is 0. The number of hydrogen-bond acceptors (Lipinski definition) is 5. The molecule has 3 rings (SSSR count). The standard InChI is InChI=1S/C22H16N2O3/c1-26-21-10-3-2-9-20(21)18(14-23)12-16-6-4-8-19(13-16)27-22(25)17-7-5-11-24-15-17/h2-13,15H,1H3/b18-12-. The Morgan fingerprint density at radius 3 is 2.70 bits per heavy atom. The quantitative estimate of drug-likeness (QED) is 0.294. The second-order valence-corrected chi connectivity index (χ2v) is 5.57. The van der Waals surface area contributed by atoms with Crippen LogP contribution >= 0.6 is 0 Å². The van der Waals surface area contributed by atoms with E-state index in [2.05, 4.69) is 11.1 Å². The molecule has 0 radical (unpaired) electrons. The third-order valence-corrected chi connectivity index (χ3v) is 3.79. The Kier molecular flexibility index (Phi) is 5.60. The zero-order valence-electron chi connectivity index (χ0n) is 14.6. The number of aromatic nitrogens is 1. The Morgan fingerprint density at radius 1 is 1.11 bits per heavy atom. The van der Waals surface area contributed by atoms with Crippen molar-refractivity contribution in [3.05, 3.63) is 89.7 Å². The van der Waals surface area contributed by atoms with E-state index in [1.807, 2.05) is 24.3 Å². The van der Waals surface area contributed by atoms with E-state index in [0.717, 1.165) is 5.56 Å². The summed E-state index contributed by atoms with van der Waals surface area (Å²) in [4.78, 5) is 16.1. The lowest BCUT2D eigenvalue weighted by molar-refractivity contribution is 0.0734. The number of rotatable bonds is 5. The molecule has 0 unspecified atom stereocenters. The number of allylic oxidation sites excluding steroid dienone is 1. The SMILES string of the molecule is COc1ccccc1/C(C#N)=C\c1cccc(OC(=O)c2cccnc2)c1. The van der Waals surface area contributed by atoms with Gasteiger partial charge in [0.15, 0.2) is 0 Å². The Labute approximate surface area is 157 Å². The van der Waals surface area contributed by atoms with Crippen LogP contribution in [0.1, 0.15) is 21.5 Å². The molecule has 5 heteroatoms. The van der Waals surface area contributed by atoms with Crippen LogP contribution < -0.4 is 9.47 Å². The molecule has 0 aliphatic heterocycles. The first-order chi connectivity index (χ1) is 13.2. The molecule has 0 N–H and O–H groups in total. The molecule has 1 heterocycles. The van der Waals surface area contributed by atoms with Gasteiger partial charge in [-0.15, -0.1) is 0 Å². The second-order valence-electron chi connectivity index (χ2n) is 5.57. The number of methoxy groups -OCH3 is 1. The van der Waals surface area contributed by atoms with E-state index < -0.39 is 5.97 Å². The monoisotopic (exact) mass is 356 g/mol. The average molecular weight is 356 g/mol. The van der Waals surface area contributed by atoms with Gasteiger partial charge in [-0.1, -0.05) is 24.3 Å². The zero-order chi connectivity index (χ0) is 19.1. The van der Waals surface area contributed by atoms with Crippen molar-refractivity contribution in [2.75, 3.05) is 7.11 Å². The van der Waals surface area contributed by atoms with E-state index in [-0.39, 0.29) is 0 Å². The van der Waals surface area contributed by atoms with E-state index in [4.69, 9.17) is 9.47 Å². The number of nitriles is 1. The van der Waals surface area contributed by atoms with Gasteiger partial charge in [-0.25, -0.2) is 4.79 Å². The van der Waals surface area contributed by atoms with Crippen molar-refractivity contribution < 1.29 is 14.3 Å². The minimum Gasteiger partial charge on any atom is -0.496 e. The molecule has 0 spiro atoms. The van der Waals surface area contributed by atoms with Gasteiger partial charge in [0.2, 0.25) is 0 Å². The second kappa shape index (κ2) is 8.45. The molecule has 0 fully saturated rings. The molecule has 0 atom stereocenters. The van der Waals surface area contributed by atoms with Gasteiger partial charge in [-0.3, -0.25) is 4.98 Å². The van der Waals surface area contributed by atoms with Gasteiger partial charge >= 0.3 is 5.97 Å². The van der Waals surface area contributed by atoms with Crippen molar-refractivity contribution in [2.45, 2.75) is 0 Å². The molecular formula is C22H16N2O3. The Bertz CT molecular complexity index is 1020. The van der Waals surface area contributed by atoms with Gasteiger partial charge in [-0.05, 0) is 48.0 Å². The maximum absolute atomic E-state index is 12.2. The van der Waals surface area contributed by atoms with Crippen molar-refractivity contribution >= 4 is 17.6 Å². The normalized spacial score (nSPS) is 10.7. The Hall–Kier alpha value is -3.91. The van der Waals surface area contributed by atoms with Crippen LogP contribution in [0.15, 0.2) is 73.1 Å². The van der Waals surface area contributed by atoms with E-state index in [1.165, 1.54) is 6.20 Å². The summed E-state index contributed by atoms with van der Waals surface area (Å²) in [7, 11) is 1.56. The summed E-state index contributed by atoms with van der Waals surface area (Å²) in [5, 5.41) is 9.56. The van der Waals surface area contributed by atoms with Gasteiger partial charge < -0.3 is 9.47 Å². The third kappa shape index (κ3) is 4.39. The zero-order valence-corrected chi connectivity index (χ0v) is 14.6. The third-order valence-electron chi connectivity index (χ3n) is 3.79. The van der Waals surface area contributed by atoms with Crippen molar-refractivity contribution in [2.24, 2.45) is 0 Å². The topological polar surface area (TPSA) is 72.2 Å². The first kappa shape index (κ1) is 17.9. The fourth-order valence-electron chi connectivity index (χ4n) is 2.52. The van der Waals surface area contributed by atoms with E-state index >= 15 is 0 Å². The lowest BCUT2D eigenvalue weighted by Gasteiger charge is -2.08. The number of pyridine rings is 1. The maximum Gasteiger partial charge on any atom is 0.345 e. The van der Waals surface area contributed by atoms with Crippen LogP contribution in [0, 0.1) is 11.3 Å². The molecule has 0 bridgehead atoms. The Morgan fingerprint density at radius 2 is 1.96 bits per heavy atom. The maximum atomic E-state index is 12.2. The summed E-state index contributed by atoms with van der Waals surface area (Å²) in [6, 6.07) is 19.8. The van der Waals surface area contributed by atoms with Gasteiger partial charge in [0.25, 0.3) is 0 Å². The summed E-state index contributed by atoms with van der Waals surface area (Å²) in [5.41, 5.74) is 2.24. The van der Waals surface area contributed by atoms with E-state index in [9.17, 15) is 10.1 Å². The number of ether oxygens (including phenoxy) is 2. The molecule has 5 nitrogen and oxygen atoms in total. The molecule has 1 aromatic heterocycles. The number of benzene rings is 2. The molecule has 132 valence electrons. The average Bonchev–Trinajstić information content (AvgIpc) is 2.73. The summed E-state index contributed by atoms with van der Waals surface area (Å²) < 4.78 is 10.7. The van der Waals surface area contributed by atoms with Gasteiger partial charge in [0.05, 0.1) is 24.3 Å². The van der Waals surface area contributed by atoms with Crippen LogP contribution in [0.2, 0.25) is 0 Å². The predicted octanol–water partition coefficient (Wildman–Crippen LogP) is 4.37. The van der Waals surface area contributed by atoms with Crippen LogP contribution in [0.4, 0.5) is 0 Å². The summed E-state index contributed by atoms with van der Waals surface area (Å²) >= 11 is 0. The van der Waals surface area contributed by atoms with Crippen molar-refractivity contribution in [3.63, 3.8) is 0 Å². The number of nitrogens with zero attached hydrogens (tertiary/aromatic N) is 2. The van der Waals surface area contributed by atoms with Gasteiger partial charge in [0, 0.05) is 18.0 Å². The molecule has 0 saturated carbocycles. The minimum absolute atomic E-state index is 0.366. The molecule has 2 aromatic carbocycles. The summed E-state index contributed by atoms with van der Waals surface area (Å²) in [5.74, 6) is 0.508. The minimum atomic E-state index is -0.491. The first-order valence-corrected chi connectivity index (χ1v) is 8.18. The van der Waals surface area contributed by atoms with Crippen LogP contribution in [0.25, 0.3) is 11.6 Å². The molecule has 27 heavy (non-hydrogen) atoms. The molecule has 0 aliphatic carbocycles. The van der Waals surface area contributed by atoms with Crippen LogP contribution in [0.5, 0.6) is 11.5 Å². The van der Waals surface area contributed by atoms with Crippen molar-refractivity contribution in [1.82, 2.24) is 4.98 Å². The molecule has 0 amide bonds. The smallest absolute Gasteiger partial charge is 0.345 e. The number of hydrogen-bond donors (Lipinski definition) is 0. The Balaban J connectivity index is 1.87. The highest BCUT2D eigenvalue weighted by Crippen LogP contribution is 2.27. The lowest BCUT2D eigenvalue weighted by atomic mass is 10.0. The first-order valence-electron chi connectivity index (χ1n) is 8.18. The molecule has 0 aliphatic rings. The van der Waals surface area contributed by atoms with Crippen LogP contribution in [-0.2, 0) is 0 Å². The van der Waals surface area contributed by atoms with Crippen molar-refractivity contribution in [3.8, 4) is 17.6 Å².